The monoisotopic (exact) mass is 371 g/mol. The van der Waals surface area contributed by atoms with Crippen molar-refractivity contribution in [2.24, 2.45) is 5.92 Å². The molecule has 0 radical (unpaired) electrons. The maximum atomic E-state index is 12.9. The van der Waals surface area contributed by atoms with Gasteiger partial charge in [-0.2, -0.15) is 0 Å². The number of carbonyl (C=O) groups is 3. The van der Waals surface area contributed by atoms with Crippen molar-refractivity contribution in [1.82, 2.24) is 15.5 Å². The molecule has 1 saturated heterocycles. The summed E-state index contributed by atoms with van der Waals surface area (Å²) in [5, 5.41) is 5.66. The number of allylic oxidation sites excluding steroid dienone is 1. The number of carbonyl (C=O) groups excluding carboxylic acids is 3. The minimum atomic E-state index is -0.422. The molecule has 0 aromatic heterocycles. The molecular formula is C21H29N3O3. The summed E-state index contributed by atoms with van der Waals surface area (Å²) >= 11 is 0. The lowest BCUT2D eigenvalue weighted by molar-refractivity contribution is -0.128. The lowest BCUT2D eigenvalue weighted by atomic mass is 9.99. The standard InChI is InChI=1S/C21H29N3O3/c1-14(2)11-18-20(26)22-9-10-24(18)21(27)17-7-5-16(6-8-17)13-23-19(25)12-15(3)4/h5-8,12,14,18H,9-11,13H2,1-4H3,(H,22,26)(H,23,25)/t18-/m1/s1. The zero-order valence-electron chi connectivity index (χ0n) is 16.5. The Labute approximate surface area is 161 Å². The van der Waals surface area contributed by atoms with Crippen LogP contribution in [0.5, 0.6) is 0 Å². The molecule has 6 heteroatoms. The van der Waals surface area contributed by atoms with Gasteiger partial charge >= 0.3 is 0 Å². The molecule has 0 unspecified atom stereocenters. The Morgan fingerprint density at radius 2 is 1.93 bits per heavy atom. The first-order valence-electron chi connectivity index (χ1n) is 9.38. The fourth-order valence-corrected chi connectivity index (χ4v) is 3.07. The first-order valence-corrected chi connectivity index (χ1v) is 9.38. The normalized spacial score (nSPS) is 16.7. The zero-order valence-corrected chi connectivity index (χ0v) is 16.5. The molecule has 0 aliphatic carbocycles. The molecule has 6 nitrogen and oxygen atoms in total. The van der Waals surface area contributed by atoms with Crippen LogP contribution in [0.4, 0.5) is 0 Å². The summed E-state index contributed by atoms with van der Waals surface area (Å²) in [7, 11) is 0. The van der Waals surface area contributed by atoms with Gasteiger partial charge in [-0.1, -0.05) is 31.6 Å². The third kappa shape index (κ3) is 5.94. The maximum Gasteiger partial charge on any atom is 0.254 e. The number of hydrogen-bond acceptors (Lipinski definition) is 3. The molecule has 2 rings (SSSR count). The van der Waals surface area contributed by atoms with E-state index in [1.54, 1.807) is 23.1 Å². The zero-order chi connectivity index (χ0) is 20.0. The highest BCUT2D eigenvalue weighted by atomic mass is 16.2. The average Bonchev–Trinajstić information content (AvgIpc) is 2.60. The van der Waals surface area contributed by atoms with E-state index in [4.69, 9.17) is 0 Å². The number of benzene rings is 1. The van der Waals surface area contributed by atoms with Gasteiger partial charge in [0.05, 0.1) is 0 Å². The van der Waals surface area contributed by atoms with Crippen molar-refractivity contribution in [1.29, 1.82) is 0 Å². The molecule has 1 heterocycles. The molecule has 1 atom stereocenters. The Morgan fingerprint density at radius 3 is 2.52 bits per heavy atom. The van der Waals surface area contributed by atoms with Crippen LogP contribution in [0.2, 0.25) is 0 Å². The Morgan fingerprint density at radius 1 is 1.26 bits per heavy atom. The first-order chi connectivity index (χ1) is 12.8. The summed E-state index contributed by atoms with van der Waals surface area (Å²) in [5.74, 6) is -0.0236. The first kappa shape index (κ1) is 20.7. The van der Waals surface area contributed by atoms with Crippen LogP contribution in [-0.4, -0.2) is 41.8 Å². The average molecular weight is 371 g/mol. The fourth-order valence-electron chi connectivity index (χ4n) is 3.07. The molecule has 1 aliphatic rings. The number of nitrogens with zero attached hydrogens (tertiary/aromatic N) is 1. The predicted molar refractivity (Wildman–Crippen MR) is 105 cm³/mol. The molecule has 0 saturated carbocycles. The molecule has 146 valence electrons. The molecule has 27 heavy (non-hydrogen) atoms. The van der Waals surface area contributed by atoms with Crippen molar-refractivity contribution in [2.75, 3.05) is 13.1 Å². The Kier molecular flexibility index (Phi) is 7.16. The Hall–Kier alpha value is -2.63. The molecule has 1 aromatic rings. The van der Waals surface area contributed by atoms with Crippen LogP contribution in [0, 0.1) is 5.92 Å². The number of rotatable bonds is 6. The summed E-state index contributed by atoms with van der Waals surface area (Å²) in [5.41, 5.74) is 2.41. The molecule has 1 aliphatic heterocycles. The van der Waals surface area contributed by atoms with Crippen molar-refractivity contribution in [2.45, 2.75) is 46.7 Å². The lowest BCUT2D eigenvalue weighted by Gasteiger charge is -2.36. The second-order valence-electron chi connectivity index (χ2n) is 7.57. The van der Waals surface area contributed by atoms with E-state index < -0.39 is 6.04 Å². The lowest BCUT2D eigenvalue weighted by Crippen LogP contribution is -2.57. The van der Waals surface area contributed by atoms with E-state index in [9.17, 15) is 14.4 Å². The summed E-state index contributed by atoms with van der Waals surface area (Å²) in [4.78, 5) is 38.5. The molecule has 2 N–H and O–H groups in total. The molecule has 3 amide bonds. The number of nitrogens with one attached hydrogen (secondary N) is 2. The summed E-state index contributed by atoms with van der Waals surface area (Å²) < 4.78 is 0. The Bertz CT molecular complexity index is 719. The molecule has 1 fully saturated rings. The van der Waals surface area contributed by atoms with Gasteiger partial charge in [0.15, 0.2) is 0 Å². The Balaban J connectivity index is 2.04. The van der Waals surface area contributed by atoms with Gasteiger partial charge in [0.25, 0.3) is 5.91 Å². The highest BCUT2D eigenvalue weighted by molar-refractivity contribution is 5.98. The van der Waals surface area contributed by atoms with Gasteiger partial charge in [-0.15, -0.1) is 0 Å². The minimum Gasteiger partial charge on any atom is -0.353 e. The van der Waals surface area contributed by atoms with E-state index >= 15 is 0 Å². The number of piperazine rings is 1. The second kappa shape index (κ2) is 9.35. The summed E-state index contributed by atoms with van der Waals surface area (Å²) in [6.45, 7) is 9.22. The largest absolute Gasteiger partial charge is 0.353 e. The van der Waals surface area contributed by atoms with Gasteiger partial charge in [-0.3, -0.25) is 14.4 Å². The maximum absolute atomic E-state index is 12.9. The van der Waals surface area contributed by atoms with Crippen LogP contribution in [0.15, 0.2) is 35.9 Å². The predicted octanol–water partition coefficient (Wildman–Crippen LogP) is 2.26. The molecule has 0 bridgehead atoms. The number of amides is 3. The quantitative estimate of drug-likeness (QED) is 0.753. The van der Waals surface area contributed by atoms with Gasteiger partial charge in [-0.05, 0) is 43.9 Å². The highest BCUT2D eigenvalue weighted by Crippen LogP contribution is 2.18. The number of hydrogen-bond donors (Lipinski definition) is 2. The van der Waals surface area contributed by atoms with Crippen LogP contribution >= 0.6 is 0 Å². The van der Waals surface area contributed by atoms with Crippen molar-refractivity contribution >= 4 is 17.7 Å². The van der Waals surface area contributed by atoms with Crippen molar-refractivity contribution in [3.8, 4) is 0 Å². The van der Waals surface area contributed by atoms with Crippen LogP contribution in [0.25, 0.3) is 0 Å². The third-order valence-electron chi connectivity index (χ3n) is 4.37. The van der Waals surface area contributed by atoms with Crippen molar-refractivity contribution in [3.63, 3.8) is 0 Å². The van der Waals surface area contributed by atoms with Crippen LogP contribution in [-0.2, 0) is 16.1 Å². The van der Waals surface area contributed by atoms with Crippen LogP contribution < -0.4 is 10.6 Å². The molecular weight excluding hydrogens is 342 g/mol. The van der Waals surface area contributed by atoms with E-state index in [-0.39, 0.29) is 17.7 Å². The second-order valence-corrected chi connectivity index (χ2v) is 7.57. The van der Waals surface area contributed by atoms with E-state index in [0.717, 1.165) is 11.1 Å². The van der Waals surface area contributed by atoms with Crippen LogP contribution in [0.1, 0.15) is 50.0 Å². The van der Waals surface area contributed by atoms with E-state index in [2.05, 4.69) is 10.6 Å². The molecule has 1 aromatic carbocycles. The van der Waals surface area contributed by atoms with E-state index in [0.29, 0.717) is 37.5 Å². The van der Waals surface area contributed by atoms with Gasteiger partial charge in [0, 0.05) is 31.3 Å². The van der Waals surface area contributed by atoms with E-state index in [1.807, 2.05) is 39.8 Å². The fraction of sp³-hybridized carbons (Fsp3) is 0.476. The third-order valence-corrected chi connectivity index (χ3v) is 4.37. The minimum absolute atomic E-state index is 0.0816. The van der Waals surface area contributed by atoms with Crippen molar-refractivity contribution in [3.05, 3.63) is 47.0 Å². The van der Waals surface area contributed by atoms with Gasteiger partial charge < -0.3 is 15.5 Å². The van der Waals surface area contributed by atoms with Gasteiger partial charge in [0.1, 0.15) is 6.04 Å². The van der Waals surface area contributed by atoms with Gasteiger partial charge in [0.2, 0.25) is 11.8 Å². The SMILES string of the molecule is CC(C)=CC(=O)NCc1ccc(C(=O)N2CCNC(=O)[C@H]2CC(C)C)cc1. The summed E-state index contributed by atoms with van der Waals surface area (Å²) in [6, 6.07) is 6.75. The van der Waals surface area contributed by atoms with Crippen molar-refractivity contribution < 1.29 is 14.4 Å². The summed E-state index contributed by atoms with van der Waals surface area (Å²) in [6.07, 6.45) is 2.19. The molecule has 0 spiro atoms. The van der Waals surface area contributed by atoms with E-state index in [1.165, 1.54) is 0 Å². The highest BCUT2D eigenvalue weighted by Gasteiger charge is 2.33. The smallest absolute Gasteiger partial charge is 0.254 e. The topological polar surface area (TPSA) is 78.5 Å². The van der Waals surface area contributed by atoms with Crippen LogP contribution in [0.3, 0.4) is 0 Å². The van der Waals surface area contributed by atoms with Gasteiger partial charge in [-0.25, -0.2) is 0 Å².